The molecular formula is C18H23FN4. The lowest BCUT2D eigenvalue weighted by atomic mass is 9.84. The quantitative estimate of drug-likeness (QED) is 0.925. The lowest BCUT2D eigenvalue weighted by molar-refractivity contribution is 0.0246. The van der Waals surface area contributed by atoms with Gasteiger partial charge < -0.3 is 9.88 Å². The molecule has 0 amide bonds. The largest absolute Gasteiger partial charge is 0.325 e. The minimum atomic E-state index is -0.194. The molecule has 5 heteroatoms. The Morgan fingerprint density at radius 3 is 2.83 bits per heavy atom. The molecule has 23 heavy (non-hydrogen) atoms. The first-order valence-electron chi connectivity index (χ1n) is 8.52. The lowest BCUT2D eigenvalue weighted by Gasteiger charge is -2.49. The first-order chi connectivity index (χ1) is 11.2. The van der Waals surface area contributed by atoms with Crippen molar-refractivity contribution in [3.8, 4) is 11.3 Å². The predicted octanol–water partition coefficient (Wildman–Crippen LogP) is 2.60. The van der Waals surface area contributed by atoms with Gasteiger partial charge in [0.05, 0.1) is 17.4 Å². The van der Waals surface area contributed by atoms with Crippen molar-refractivity contribution in [2.45, 2.75) is 31.8 Å². The van der Waals surface area contributed by atoms with Gasteiger partial charge in [0.1, 0.15) is 11.6 Å². The van der Waals surface area contributed by atoms with E-state index in [4.69, 9.17) is 4.98 Å². The highest BCUT2D eigenvalue weighted by Crippen LogP contribution is 2.40. The number of nitrogens with zero attached hydrogens (tertiary/aromatic N) is 3. The van der Waals surface area contributed by atoms with Gasteiger partial charge in [-0.3, -0.25) is 4.90 Å². The van der Waals surface area contributed by atoms with E-state index in [9.17, 15) is 4.39 Å². The molecule has 1 aromatic heterocycles. The van der Waals surface area contributed by atoms with E-state index in [0.29, 0.717) is 0 Å². The number of rotatable bonds is 2. The summed E-state index contributed by atoms with van der Waals surface area (Å²) in [5.41, 5.74) is 1.98. The van der Waals surface area contributed by atoms with Crippen molar-refractivity contribution < 1.29 is 4.39 Å². The van der Waals surface area contributed by atoms with E-state index in [2.05, 4.69) is 21.7 Å². The molecule has 1 aromatic carbocycles. The molecule has 0 radical (unpaired) electrons. The number of imidazole rings is 1. The number of halogens is 1. The molecule has 4 rings (SSSR count). The topological polar surface area (TPSA) is 33.1 Å². The highest BCUT2D eigenvalue weighted by Gasteiger charge is 2.45. The second kappa shape index (κ2) is 5.73. The molecule has 0 atom stereocenters. The van der Waals surface area contributed by atoms with Crippen LogP contribution < -0.4 is 5.32 Å². The Hall–Kier alpha value is -1.72. The maximum Gasteiger partial charge on any atom is 0.129 e. The maximum atomic E-state index is 13.6. The number of nitrogens with one attached hydrogen (secondary N) is 1. The molecule has 0 bridgehead atoms. The van der Waals surface area contributed by atoms with Crippen LogP contribution in [0.2, 0.25) is 0 Å². The fraction of sp³-hybridized carbons (Fsp3) is 0.500. The fourth-order valence-electron chi connectivity index (χ4n) is 4.27. The first kappa shape index (κ1) is 14.8. The molecule has 1 N–H and O–H groups in total. The van der Waals surface area contributed by atoms with Crippen molar-refractivity contribution in [1.82, 2.24) is 19.8 Å². The van der Waals surface area contributed by atoms with Crippen LogP contribution in [-0.4, -0.2) is 40.6 Å². The number of aromatic nitrogens is 2. The van der Waals surface area contributed by atoms with Gasteiger partial charge in [0.15, 0.2) is 0 Å². The van der Waals surface area contributed by atoms with Crippen molar-refractivity contribution in [1.29, 1.82) is 0 Å². The molecule has 0 aliphatic carbocycles. The van der Waals surface area contributed by atoms with Crippen molar-refractivity contribution in [2.75, 3.05) is 26.2 Å². The van der Waals surface area contributed by atoms with Gasteiger partial charge in [-0.25, -0.2) is 9.37 Å². The van der Waals surface area contributed by atoms with Crippen molar-refractivity contribution in [3.05, 3.63) is 42.1 Å². The SMILES string of the molecule is CCN1CCn2c(-c3cccc(F)c3)cnc2C12CCNCC2. The van der Waals surface area contributed by atoms with Crippen LogP contribution in [0.3, 0.4) is 0 Å². The highest BCUT2D eigenvalue weighted by atomic mass is 19.1. The van der Waals surface area contributed by atoms with Crippen LogP contribution >= 0.6 is 0 Å². The Morgan fingerprint density at radius 2 is 2.09 bits per heavy atom. The summed E-state index contributed by atoms with van der Waals surface area (Å²) in [5.74, 6) is 0.965. The summed E-state index contributed by atoms with van der Waals surface area (Å²) in [5, 5.41) is 3.46. The lowest BCUT2D eigenvalue weighted by Crippen LogP contribution is -2.57. The average Bonchev–Trinajstić information content (AvgIpc) is 3.01. The molecule has 1 spiro atoms. The number of hydrogen-bond donors (Lipinski definition) is 1. The van der Waals surface area contributed by atoms with Gasteiger partial charge in [-0.15, -0.1) is 0 Å². The summed E-state index contributed by atoms with van der Waals surface area (Å²) in [6.45, 7) is 7.28. The van der Waals surface area contributed by atoms with Crippen molar-refractivity contribution >= 4 is 0 Å². The molecule has 4 nitrogen and oxygen atoms in total. The molecule has 1 fully saturated rings. The van der Waals surface area contributed by atoms with Crippen molar-refractivity contribution in [3.63, 3.8) is 0 Å². The van der Waals surface area contributed by atoms with Crippen molar-refractivity contribution in [2.24, 2.45) is 0 Å². The third-order valence-electron chi connectivity index (χ3n) is 5.40. The van der Waals surface area contributed by atoms with Crippen LogP contribution in [0.1, 0.15) is 25.6 Å². The smallest absolute Gasteiger partial charge is 0.129 e. The Bertz CT molecular complexity index is 703. The molecule has 0 unspecified atom stereocenters. The van der Waals surface area contributed by atoms with Crippen LogP contribution in [0.4, 0.5) is 4.39 Å². The summed E-state index contributed by atoms with van der Waals surface area (Å²) < 4.78 is 15.9. The van der Waals surface area contributed by atoms with Crippen LogP contribution in [0.25, 0.3) is 11.3 Å². The van der Waals surface area contributed by atoms with E-state index in [1.165, 1.54) is 6.07 Å². The Balaban J connectivity index is 1.82. The summed E-state index contributed by atoms with van der Waals surface area (Å²) in [4.78, 5) is 7.38. The van der Waals surface area contributed by atoms with E-state index in [1.54, 1.807) is 12.1 Å². The molecule has 2 aliphatic heterocycles. The Kier molecular flexibility index (Phi) is 3.70. The zero-order valence-corrected chi connectivity index (χ0v) is 13.6. The number of benzene rings is 1. The van der Waals surface area contributed by atoms with Crippen LogP contribution in [0.5, 0.6) is 0 Å². The second-order valence-electron chi connectivity index (χ2n) is 6.49. The zero-order valence-electron chi connectivity index (χ0n) is 13.6. The van der Waals surface area contributed by atoms with E-state index in [1.807, 2.05) is 12.3 Å². The zero-order chi connectivity index (χ0) is 15.9. The normalized spacial score (nSPS) is 20.6. The molecule has 122 valence electrons. The van der Waals surface area contributed by atoms with Gasteiger partial charge in [-0.1, -0.05) is 19.1 Å². The van der Waals surface area contributed by atoms with E-state index < -0.39 is 0 Å². The molecule has 3 heterocycles. The van der Waals surface area contributed by atoms with Gasteiger partial charge in [-0.2, -0.15) is 0 Å². The third kappa shape index (κ3) is 2.30. The second-order valence-corrected chi connectivity index (χ2v) is 6.49. The minimum Gasteiger partial charge on any atom is -0.325 e. The predicted molar refractivity (Wildman–Crippen MR) is 88.6 cm³/mol. The minimum absolute atomic E-state index is 0.0316. The standard InChI is InChI=1S/C18H23FN4/c1-2-22-10-11-23-16(14-4-3-5-15(19)12-14)13-21-17(23)18(22)6-8-20-9-7-18/h3-5,12-13,20H,2,6-11H2,1H3. The molecule has 2 aromatic rings. The summed E-state index contributed by atoms with van der Waals surface area (Å²) in [6.07, 6.45) is 4.09. The molecule has 2 aliphatic rings. The summed E-state index contributed by atoms with van der Waals surface area (Å²) in [6, 6.07) is 6.83. The van der Waals surface area contributed by atoms with Gasteiger partial charge in [0, 0.05) is 18.7 Å². The average molecular weight is 314 g/mol. The maximum absolute atomic E-state index is 13.6. The monoisotopic (exact) mass is 314 g/mol. The number of fused-ring (bicyclic) bond motifs is 2. The number of likely N-dealkylation sites (N-methyl/N-ethyl adjacent to an activating group) is 1. The first-order valence-corrected chi connectivity index (χ1v) is 8.52. The van der Waals surface area contributed by atoms with Gasteiger partial charge >= 0.3 is 0 Å². The summed E-state index contributed by atoms with van der Waals surface area (Å²) >= 11 is 0. The Labute approximate surface area is 136 Å². The molecule has 1 saturated heterocycles. The van der Waals surface area contributed by atoms with E-state index in [0.717, 1.165) is 62.6 Å². The molecule has 0 saturated carbocycles. The third-order valence-corrected chi connectivity index (χ3v) is 5.40. The van der Waals surface area contributed by atoms with E-state index >= 15 is 0 Å². The van der Waals surface area contributed by atoms with Gasteiger partial charge in [-0.05, 0) is 44.6 Å². The number of hydrogen-bond acceptors (Lipinski definition) is 3. The van der Waals surface area contributed by atoms with Crippen LogP contribution in [0, 0.1) is 5.82 Å². The molecular weight excluding hydrogens is 291 g/mol. The van der Waals surface area contributed by atoms with Crippen LogP contribution in [-0.2, 0) is 12.1 Å². The van der Waals surface area contributed by atoms with Gasteiger partial charge in [0.2, 0.25) is 0 Å². The van der Waals surface area contributed by atoms with Gasteiger partial charge in [0.25, 0.3) is 0 Å². The fourth-order valence-corrected chi connectivity index (χ4v) is 4.27. The number of piperidine rings is 1. The summed E-state index contributed by atoms with van der Waals surface area (Å²) in [7, 11) is 0. The Morgan fingerprint density at radius 1 is 1.26 bits per heavy atom. The van der Waals surface area contributed by atoms with Crippen LogP contribution in [0.15, 0.2) is 30.5 Å². The highest BCUT2D eigenvalue weighted by molar-refractivity contribution is 5.60. The van der Waals surface area contributed by atoms with E-state index in [-0.39, 0.29) is 11.4 Å².